The van der Waals surface area contributed by atoms with E-state index in [-0.39, 0.29) is 18.3 Å². The maximum atomic E-state index is 12.2. The van der Waals surface area contributed by atoms with Crippen molar-refractivity contribution in [2.24, 2.45) is 0 Å². The molecule has 0 spiro atoms. The van der Waals surface area contributed by atoms with Gasteiger partial charge in [-0.2, -0.15) is 0 Å². The van der Waals surface area contributed by atoms with E-state index in [1.165, 1.54) is 11.1 Å². The molecule has 0 radical (unpaired) electrons. The van der Waals surface area contributed by atoms with E-state index in [0.717, 1.165) is 16.9 Å². The summed E-state index contributed by atoms with van der Waals surface area (Å²) in [5.41, 5.74) is 4.39. The van der Waals surface area contributed by atoms with E-state index < -0.39 is 0 Å². The molecular weight excluding hydrogens is 342 g/mol. The van der Waals surface area contributed by atoms with Gasteiger partial charge in [-0.3, -0.25) is 10.1 Å². The minimum Gasteiger partial charge on any atom is -0.494 e. The molecule has 0 aliphatic carbocycles. The molecule has 0 atom stereocenters. The number of nitrogens with zero attached hydrogens (tertiary/aromatic N) is 2. The number of amides is 1. The van der Waals surface area contributed by atoms with E-state index >= 15 is 0 Å². The number of carbonyl (C=O) groups excluding carboxylic acids is 1. The van der Waals surface area contributed by atoms with Crippen LogP contribution in [0.1, 0.15) is 35.1 Å². The number of ether oxygens (including phenoxy) is 1. The van der Waals surface area contributed by atoms with Crippen LogP contribution in [0.4, 0.5) is 6.01 Å². The second kappa shape index (κ2) is 8.49. The lowest BCUT2D eigenvalue weighted by Crippen LogP contribution is -2.14. The zero-order chi connectivity index (χ0) is 19.2. The van der Waals surface area contributed by atoms with Crippen molar-refractivity contribution >= 4 is 11.9 Å². The van der Waals surface area contributed by atoms with Gasteiger partial charge in [0.25, 0.3) is 0 Å². The molecule has 0 saturated heterocycles. The Morgan fingerprint density at radius 3 is 2.59 bits per heavy atom. The number of anilines is 1. The smallest absolute Gasteiger partial charge is 0.322 e. The van der Waals surface area contributed by atoms with E-state index in [2.05, 4.69) is 47.6 Å². The molecule has 1 N–H and O–H groups in total. The van der Waals surface area contributed by atoms with Gasteiger partial charge in [-0.15, -0.1) is 5.10 Å². The zero-order valence-corrected chi connectivity index (χ0v) is 15.8. The number of rotatable bonds is 7. The van der Waals surface area contributed by atoms with Crippen LogP contribution in [0.3, 0.4) is 0 Å². The number of aromatic nitrogens is 2. The lowest BCUT2D eigenvalue weighted by molar-refractivity contribution is -0.115. The summed E-state index contributed by atoms with van der Waals surface area (Å²) < 4.78 is 11.0. The third-order valence-corrected chi connectivity index (χ3v) is 4.15. The van der Waals surface area contributed by atoms with E-state index in [1.54, 1.807) is 0 Å². The van der Waals surface area contributed by atoms with E-state index in [0.29, 0.717) is 18.9 Å². The van der Waals surface area contributed by atoms with Crippen LogP contribution in [-0.4, -0.2) is 22.7 Å². The Labute approximate surface area is 158 Å². The number of hydrogen-bond acceptors (Lipinski definition) is 5. The van der Waals surface area contributed by atoms with Gasteiger partial charge < -0.3 is 9.15 Å². The van der Waals surface area contributed by atoms with Crippen molar-refractivity contribution in [2.75, 3.05) is 11.9 Å². The van der Waals surface area contributed by atoms with Crippen LogP contribution < -0.4 is 10.1 Å². The molecule has 0 fully saturated rings. The molecule has 3 rings (SSSR count). The third kappa shape index (κ3) is 5.17. The van der Waals surface area contributed by atoms with Gasteiger partial charge in [0.2, 0.25) is 11.8 Å². The van der Waals surface area contributed by atoms with Crippen LogP contribution in [0.25, 0.3) is 0 Å². The van der Waals surface area contributed by atoms with Crippen LogP contribution in [-0.2, 0) is 17.6 Å². The topological polar surface area (TPSA) is 77.2 Å². The van der Waals surface area contributed by atoms with Crippen molar-refractivity contribution in [3.63, 3.8) is 0 Å². The SMILES string of the molecule is CCOc1ccc(CC(=O)Nc2nnc(Cc3ccc(C)cc3C)o2)cc1. The first-order valence-corrected chi connectivity index (χ1v) is 8.93. The van der Waals surface area contributed by atoms with Gasteiger partial charge in [-0.25, -0.2) is 0 Å². The summed E-state index contributed by atoms with van der Waals surface area (Å²) in [5.74, 6) is 1.05. The molecule has 0 unspecified atom stereocenters. The highest BCUT2D eigenvalue weighted by molar-refractivity contribution is 5.90. The summed E-state index contributed by atoms with van der Waals surface area (Å²) in [5, 5.41) is 10.6. The number of hydrogen-bond donors (Lipinski definition) is 1. The second-order valence-electron chi connectivity index (χ2n) is 6.41. The Hall–Kier alpha value is -3.15. The van der Waals surface area contributed by atoms with Gasteiger partial charge in [0.1, 0.15) is 5.75 Å². The number of benzene rings is 2. The molecule has 1 aromatic heterocycles. The molecule has 1 heterocycles. The highest BCUT2D eigenvalue weighted by Gasteiger charge is 2.12. The summed E-state index contributed by atoms with van der Waals surface area (Å²) in [7, 11) is 0. The van der Waals surface area contributed by atoms with Crippen LogP contribution in [0, 0.1) is 13.8 Å². The molecule has 27 heavy (non-hydrogen) atoms. The predicted molar refractivity (Wildman–Crippen MR) is 103 cm³/mol. The summed E-state index contributed by atoms with van der Waals surface area (Å²) >= 11 is 0. The summed E-state index contributed by atoms with van der Waals surface area (Å²) in [6.45, 7) is 6.65. The lowest BCUT2D eigenvalue weighted by atomic mass is 10.0. The van der Waals surface area contributed by atoms with Gasteiger partial charge in [-0.05, 0) is 49.6 Å². The first-order valence-electron chi connectivity index (χ1n) is 8.93. The monoisotopic (exact) mass is 365 g/mol. The summed E-state index contributed by atoms with van der Waals surface area (Å²) in [6, 6.07) is 13.8. The molecule has 140 valence electrons. The fraction of sp³-hybridized carbons (Fsp3) is 0.286. The molecule has 0 saturated carbocycles. The maximum Gasteiger partial charge on any atom is 0.322 e. The van der Waals surface area contributed by atoms with E-state index in [4.69, 9.17) is 9.15 Å². The first-order chi connectivity index (χ1) is 13.0. The van der Waals surface area contributed by atoms with Crippen LogP contribution in [0.5, 0.6) is 5.75 Å². The standard InChI is InChI=1S/C21H23N3O3/c1-4-26-18-9-6-16(7-10-18)12-19(25)22-21-24-23-20(27-21)13-17-8-5-14(2)11-15(17)3/h5-11H,4,12-13H2,1-3H3,(H,22,24,25). The van der Waals surface area contributed by atoms with Crippen molar-refractivity contribution in [1.29, 1.82) is 0 Å². The Morgan fingerprint density at radius 1 is 1.11 bits per heavy atom. The molecule has 3 aromatic rings. The van der Waals surface area contributed by atoms with Crippen molar-refractivity contribution in [3.8, 4) is 5.75 Å². The normalized spacial score (nSPS) is 10.6. The molecule has 0 aliphatic heterocycles. The van der Waals surface area contributed by atoms with Gasteiger partial charge in [0, 0.05) is 0 Å². The largest absolute Gasteiger partial charge is 0.494 e. The van der Waals surface area contributed by atoms with Gasteiger partial charge >= 0.3 is 6.01 Å². The highest BCUT2D eigenvalue weighted by Crippen LogP contribution is 2.17. The van der Waals surface area contributed by atoms with Crippen molar-refractivity contribution in [1.82, 2.24) is 10.2 Å². The quantitative estimate of drug-likeness (QED) is 0.688. The van der Waals surface area contributed by atoms with Crippen LogP contribution in [0.15, 0.2) is 46.9 Å². The first kappa shape index (κ1) is 18.6. The van der Waals surface area contributed by atoms with Gasteiger partial charge in [-0.1, -0.05) is 41.0 Å². The predicted octanol–water partition coefficient (Wildman–Crippen LogP) is 3.86. The summed E-state index contributed by atoms with van der Waals surface area (Å²) in [6.07, 6.45) is 0.759. The molecule has 0 aliphatic rings. The number of nitrogens with one attached hydrogen (secondary N) is 1. The molecule has 6 nitrogen and oxygen atoms in total. The highest BCUT2D eigenvalue weighted by atomic mass is 16.5. The molecule has 1 amide bonds. The number of carbonyl (C=O) groups is 1. The number of aryl methyl sites for hydroxylation is 2. The van der Waals surface area contributed by atoms with Crippen molar-refractivity contribution in [2.45, 2.75) is 33.6 Å². The van der Waals surface area contributed by atoms with Crippen LogP contribution >= 0.6 is 0 Å². The Bertz CT molecular complexity index is 917. The van der Waals surface area contributed by atoms with Crippen molar-refractivity contribution < 1.29 is 13.9 Å². The minimum atomic E-state index is -0.208. The average Bonchev–Trinajstić information content (AvgIpc) is 3.06. The van der Waals surface area contributed by atoms with Crippen LogP contribution in [0.2, 0.25) is 0 Å². The average molecular weight is 365 g/mol. The van der Waals surface area contributed by atoms with E-state index in [1.807, 2.05) is 31.2 Å². The summed E-state index contributed by atoms with van der Waals surface area (Å²) in [4.78, 5) is 12.2. The maximum absolute atomic E-state index is 12.2. The zero-order valence-electron chi connectivity index (χ0n) is 15.8. The fourth-order valence-corrected chi connectivity index (χ4v) is 2.80. The molecule has 6 heteroatoms. The molecule has 2 aromatic carbocycles. The Morgan fingerprint density at radius 2 is 1.89 bits per heavy atom. The third-order valence-electron chi connectivity index (χ3n) is 4.15. The second-order valence-corrected chi connectivity index (χ2v) is 6.41. The van der Waals surface area contributed by atoms with Gasteiger partial charge in [0.15, 0.2) is 0 Å². The fourth-order valence-electron chi connectivity index (χ4n) is 2.80. The molecular formula is C21H23N3O3. The minimum absolute atomic E-state index is 0.116. The van der Waals surface area contributed by atoms with Gasteiger partial charge in [0.05, 0.1) is 19.4 Å². The lowest BCUT2D eigenvalue weighted by Gasteiger charge is -2.05. The Balaban J connectivity index is 1.57. The Kier molecular flexibility index (Phi) is 5.86. The van der Waals surface area contributed by atoms with E-state index in [9.17, 15) is 4.79 Å². The molecule has 0 bridgehead atoms. The van der Waals surface area contributed by atoms with Crippen molar-refractivity contribution in [3.05, 3.63) is 70.6 Å².